The smallest absolute Gasteiger partial charge is 0.275 e. The van der Waals surface area contributed by atoms with Gasteiger partial charge >= 0.3 is 0 Å². The highest BCUT2D eigenvalue weighted by Crippen LogP contribution is 2.17. The Morgan fingerprint density at radius 1 is 1.42 bits per heavy atom. The first-order valence-electron chi connectivity index (χ1n) is 7.27. The molecule has 0 aromatic heterocycles. The van der Waals surface area contributed by atoms with E-state index in [4.69, 9.17) is 5.73 Å². The number of thiol groups is 1. The molecule has 2 atom stereocenters. The van der Waals surface area contributed by atoms with Crippen molar-refractivity contribution in [3.05, 3.63) is 0 Å². The molecule has 4 nitrogen and oxygen atoms in total. The van der Waals surface area contributed by atoms with E-state index in [2.05, 4.69) is 51.0 Å². The summed E-state index contributed by atoms with van der Waals surface area (Å²) in [7, 11) is 0. The van der Waals surface area contributed by atoms with Crippen LogP contribution < -0.4 is 16.4 Å². The lowest BCUT2D eigenvalue weighted by molar-refractivity contribution is 0.250. The van der Waals surface area contributed by atoms with Gasteiger partial charge in [-0.3, -0.25) is 4.79 Å². The van der Waals surface area contributed by atoms with E-state index in [1.807, 2.05) is 0 Å². The molecule has 2 unspecified atom stereocenters. The van der Waals surface area contributed by atoms with Crippen molar-refractivity contribution in [1.82, 2.24) is 10.6 Å². The molecule has 1 amide bonds. The van der Waals surface area contributed by atoms with Crippen LogP contribution in [0.3, 0.4) is 0 Å². The molecule has 5 heteroatoms. The summed E-state index contributed by atoms with van der Waals surface area (Å²) < 4.78 is 0. The van der Waals surface area contributed by atoms with E-state index in [-0.39, 0.29) is 10.8 Å². The predicted octanol–water partition coefficient (Wildman–Crippen LogP) is 2.54. The third-order valence-electron chi connectivity index (χ3n) is 3.52. The van der Waals surface area contributed by atoms with Crippen molar-refractivity contribution in [3.8, 4) is 0 Å². The number of nitrogens with two attached hydrogens (primary N) is 1. The largest absolute Gasteiger partial charge is 0.347 e. The third kappa shape index (κ3) is 9.30. The molecular formula is C14H31N3OS. The van der Waals surface area contributed by atoms with Crippen LogP contribution in [0.15, 0.2) is 0 Å². The topological polar surface area (TPSA) is 67.2 Å². The molecule has 0 aromatic rings. The average Bonchev–Trinajstić information content (AvgIpc) is 2.32. The van der Waals surface area contributed by atoms with E-state index in [1.54, 1.807) is 0 Å². The summed E-state index contributed by atoms with van der Waals surface area (Å²) >= 11 is 3.68. The Morgan fingerprint density at radius 3 is 2.53 bits per heavy atom. The molecule has 0 saturated heterocycles. The average molecular weight is 289 g/mol. The quantitative estimate of drug-likeness (QED) is 0.369. The summed E-state index contributed by atoms with van der Waals surface area (Å²) in [6, 6.07) is 0.356. The Morgan fingerprint density at radius 2 is 2.05 bits per heavy atom. The fourth-order valence-corrected chi connectivity index (χ4v) is 2.50. The van der Waals surface area contributed by atoms with Crippen molar-refractivity contribution >= 4 is 17.9 Å². The summed E-state index contributed by atoms with van der Waals surface area (Å²) in [5.74, 6) is 0.589. The van der Waals surface area contributed by atoms with Crippen LogP contribution in [0.2, 0.25) is 0 Å². The van der Waals surface area contributed by atoms with Gasteiger partial charge in [-0.2, -0.15) is 0 Å². The normalized spacial score (nSPS) is 15.1. The molecular weight excluding hydrogens is 258 g/mol. The Bertz CT molecular complexity index is 259. The summed E-state index contributed by atoms with van der Waals surface area (Å²) in [5.41, 5.74) is 5.91. The molecule has 4 N–H and O–H groups in total. The van der Waals surface area contributed by atoms with E-state index in [0.717, 1.165) is 12.8 Å². The summed E-state index contributed by atoms with van der Waals surface area (Å²) in [6.07, 6.45) is 4.32. The van der Waals surface area contributed by atoms with Crippen LogP contribution in [0.25, 0.3) is 0 Å². The molecule has 0 aromatic carbocycles. The maximum atomic E-state index is 10.7. The second-order valence-corrected chi connectivity index (χ2v) is 6.38. The van der Waals surface area contributed by atoms with Crippen molar-refractivity contribution in [2.75, 3.05) is 13.1 Å². The number of carbonyl (C=O) groups is 1. The van der Waals surface area contributed by atoms with Gasteiger partial charge in [0.25, 0.3) is 5.24 Å². The van der Waals surface area contributed by atoms with Crippen molar-refractivity contribution in [2.24, 2.45) is 11.7 Å². The van der Waals surface area contributed by atoms with Crippen molar-refractivity contribution in [2.45, 2.75) is 65.0 Å². The lowest BCUT2D eigenvalue weighted by Gasteiger charge is -2.34. The van der Waals surface area contributed by atoms with Gasteiger partial charge in [0.2, 0.25) is 0 Å². The molecule has 0 bridgehead atoms. The van der Waals surface area contributed by atoms with Gasteiger partial charge in [0.1, 0.15) is 0 Å². The molecule has 0 aliphatic carbocycles. The van der Waals surface area contributed by atoms with Crippen LogP contribution in [-0.4, -0.2) is 29.9 Å². The number of hydrogen-bond donors (Lipinski definition) is 4. The monoisotopic (exact) mass is 289 g/mol. The fraction of sp³-hybridized carbons (Fsp3) is 0.929. The minimum atomic E-state index is -0.262. The van der Waals surface area contributed by atoms with Gasteiger partial charge in [-0.1, -0.05) is 32.9 Å². The Balaban J connectivity index is 4.12. The first-order valence-corrected chi connectivity index (χ1v) is 7.71. The lowest BCUT2D eigenvalue weighted by atomic mass is 9.91. The second-order valence-electron chi connectivity index (χ2n) is 5.97. The zero-order valence-electron chi connectivity index (χ0n) is 12.8. The van der Waals surface area contributed by atoms with Gasteiger partial charge in [-0.15, -0.1) is 0 Å². The van der Waals surface area contributed by atoms with Gasteiger partial charge in [0, 0.05) is 24.7 Å². The second kappa shape index (κ2) is 9.61. The zero-order valence-corrected chi connectivity index (χ0v) is 13.7. The molecule has 114 valence electrons. The molecule has 0 rings (SSSR count). The van der Waals surface area contributed by atoms with E-state index in [9.17, 15) is 4.79 Å². The maximum Gasteiger partial charge on any atom is 0.275 e. The maximum absolute atomic E-state index is 10.7. The summed E-state index contributed by atoms with van der Waals surface area (Å²) in [5, 5.41) is 6.10. The fourth-order valence-electron chi connectivity index (χ4n) is 2.39. The van der Waals surface area contributed by atoms with E-state index in [0.29, 0.717) is 25.0 Å². The van der Waals surface area contributed by atoms with Crippen LogP contribution in [0.4, 0.5) is 4.79 Å². The number of amides is 1. The summed E-state index contributed by atoms with van der Waals surface area (Å²) in [4.78, 5) is 10.7. The third-order valence-corrected chi connectivity index (χ3v) is 3.67. The Kier molecular flexibility index (Phi) is 9.48. The molecule has 0 radical (unpaired) electrons. The SMILES string of the molecule is CCCC(C)C(CN)NC(C)(C)CCCNC(=O)S. The van der Waals surface area contributed by atoms with Crippen LogP contribution >= 0.6 is 12.6 Å². The first kappa shape index (κ1) is 18.7. The minimum absolute atomic E-state index is 0.0351. The molecule has 0 heterocycles. The highest BCUT2D eigenvalue weighted by Gasteiger charge is 2.24. The molecule has 0 spiro atoms. The van der Waals surface area contributed by atoms with Crippen LogP contribution in [0.1, 0.15) is 53.4 Å². The van der Waals surface area contributed by atoms with Crippen LogP contribution in [0, 0.1) is 5.92 Å². The number of hydrogen-bond acceptors (Lipinski definition) is 3. The number of nitrogens with one attached hydrogen (secondary N) is 2. The lowest BCUT2D eigenvalue weighted by Crippen LogP contribution is -2.52. The van der Waals surface area contributed by atoms with E-state index < -0.39 is 0 Å². The summed E-state index contributed by atoms with van der Waals surface area (Å²) in [6.45, 7) is 10.2. The van der Waals surface area contributed by atoms with Gasteiger partial charge in [-0.05, 0) is 39.0 Å². The predicted molar refractivity (Wildman–Crippen MR) is 85.7 cm³/mol. The van der Waals surface area contributed by atoms with Gasteiger partial charge in [-0.25, -0.2) is 0 Å². The Labute approximate surface area is 123 Å². The Hall–Kier alpha value is -0.260. The first-order chi connectivity index (χ1) is 8.82. The minimum Gasteiger partial charge on any atom is -0.347 e. The standard InChI is InChI=1S/C14H31N3OS/c1-5-7-11(2)12(10-15)17-14(3,4)8-6-9-16-13(18)19/h11-12,17H,5-10,15H2,1-4H3,(H2,16,18,19). The van der Waals surface area contributed by atoms with Crippen molar-refractivity contribution in [3.63, 3.8) is 0 Å². The van der Waals surface area contributed by atoms with Gasteiger partial charge in [0.15, 0.2) is 0 Å². The molecule has 0 aliphatic rings. The van der Waals surface area contributed by atoms with Gasteiger partial charge < -0.3 is 16.4 Å². The molecule has 0 fully saturated rings. The van der Waals surface area contributed by atoms with E-state index >= 15 is 0 Å². The van der Waals surface area contributed by atoms with Crippen LogP contribution in [-0.2, 0) is 0 Å². The van der Waals surface area contributed by atoms with Crippen molar-refractivity contribution < 1.29 is 4.79 Å². The van der Waals surface area contributed by atoms with Crippen molar-refractivity contribution in [1.29, 1.82) is 0 Å². The van der Waals surface area contributed by atoms with E-state index in [1.165, 1.54) is 12.8 Å². The highest BCUT2D eigenvalue weighted by atomic mass is 32.1. The zero-order chi connectivity index (χ0) is 14.9. The highest BCUT2D eigenvalue weighted by molar-refractivity contribution is 7.96. The number of carbonyl (C=O) groups excluding carboxylic acids is 1. The van der Waals surface area contributed by atoms with Crippen LogP contribution in [0.5, 0.6) is 0 Å². The van der Waals surface area contributed by atoms with Gasteiger partial charge in [0.05, 0.1) is 0 Å². The molecule has 0 aliphatic heterocycles. The molecule has 19 heavy (non-hydrogen) atoms. The molecule has 0 saturated carbocycles. The number of rotatable bonds is 10.